The van der Waals surface area contributed by atoms with E-state index in [0.29, 0.717) is 5.15 Å². The van der Waals surface area contributed by atoms with Crippen LogP contribution in [0.3, 0.4) is 0 Å². The second-order valence-corrected chi connectivity index (χ2v) is 5.15. The molecule has 2 heterocycles. The van der Waals surface area contributed by atoms with Gasteiger partial charge in [0.25, 0.3) is 0 Å². The van der Waals surface area contributed by atoms with Crippen molar-refractivity contribution in [3.63, 3.8) is 0 Å². The molecule has 0 aliphatic heterocycles. The summed E-state index contributed by atoms with van der Waals surface area (Å²) < 4.78 is 0. The van der Waals surface area contributed by atoms with Gasteiger partial charge in [0, 0.05) is 24.4 Å². The van der Waals surface area contributed by atoms with Crippen molar-refractivity contribution in [2.45, 2.75) is 26.8 Å². The van der Waals surface area contributed by atoms with Crippen molar-refractivity contribution in [3.8, 4) is 0 Å². The minimum absolute atomic E-state index is 0.530. The van der Waals surface area contributed by atoms with Gasteiger partial charge in [0.1, 0.15) is 16.8 Å². The Morgan fingerprint density at radius 1 is 1.39 bits per heavy atom. The van der Waals surface area contributed by atoms with Gasteiger partial charge in [0.2, 0.25) is 0 Å². The zero-order valence-corrected chi connectivity index (χ0v) is 12.2. The monoisotopic (exact) mass is 282 g/mol. The first-order valence-corrected chi connectivity index (χ1v) is 7.05. The van der Waals surface area contributed by atoms with Crippen LogP contribution in [-0.4, -0.2) is 22.0 Å². The molecular formula is C12H15ClN4S. The maximum Gasteiger partial charge on any atom is 0.137 e. The first-order valence-electron chi connectivity index (χ1n) is 5.73. The van der Waals surface area contributed by atoms with E-state index in [2.05, 4.69) is 19.9 Å². The third-order valence-electron chi connectivity index (χ3n) is 2.67. The SMILES string of the molecule is CCc1nc(Cl)c(C)c(N(C)Cc2cscn2)n1. The lowest BCUT2D eigenvalue weighted by atomic mass is 10.3. The minimum atomic E-state index is 0.530. The fraction of sp³-hybridized carbons (Fsp3) is 0.417. The fourth-order valence-corrected chi connectivity index (χ4v) is 2.42. The summed E-state index contributed by atoms with van der Waals surface area (Å²) in [7, 11) is 1.99. The second-order valence-electron chi connectivity index (χ2n) is 4.07. The zero-order valence-electron chi connectivity index (χ0n) is 10.6. The standard InChI is InChI=1S/C12H15ClN4S/c1-4-10-15-11(13)8(2)12(16-10)17(3)5-9-6-18-7-14-9/h6-7H,4-5H2,1-3H3. The third-order valence-corrected chi connectivity index (χ3v) is 3.67. The number of hydrogen-bond acceptors (Lipinski definition) is 5. The van der Waals surface area contributed by atoms with E-state index < -0.39 is 0 Å². The topological polar surface area (TPSA) is 41.9 Å². The van der Waals surface area contributed by atoms with Gasteiger partial charge in [0.15, 0.2) is 0 Å². The number of hydrogen-bond donors (Lipinski definition) is 0. The highest BCUT2D eigenvalue weighted by atomic mass is 35.5. The summed E-state index contributed by atoms with van der Waals surface area (Å²) >= 11 is 7.73. The highest BCUT2D eigenvalue weighted by molar-refractivity contribution is 7.07. The van der Waals surface area contributed by atoms with E-state index in [1.54, 1.807) is 11.3 Å². The zero-order chi connectivity index (χ0) is 13.1. The number of aromatic nitrogens is 3. The van der Waals surface area contributed by atoms with Crippen molar-refractivity contribution in [1.29, 1.82) is 0 Å². The summed E-state index contributed by atoms with van der Waals surface area (Å²) in [4.78, 5) is 15.1. The first-order chi connectivity index (χ1) is 8.61. The maximum absolute atomic E-state index is 6.13. The second kappa shape index (κ2) is 5.63. The highest BCUT2D eigenvalue weighted by Gasteiger charge is 2.13. The Kier molecular flexibility index (Phi) is 4.14. The molecule has 0 N–H and O–H groups in total. The van der Waals surface area contributed by atoms with Crippen molar-refractivity contribution in [2.75, 3.05) is 11.9 Å². The predicted molar refractivity (Wildman–Crippen MR) is 75.4 cm³/mol. The van der Waals surface area contributed by atoms with Crippen LogP contribution in [-0.2, 0) is 13.0 Å². The van der Waals surface area contributed by atoms with Crippen LogP contribution in [0.5, 0.6) is 0 Å². The summed E-state index contributed by atoms with van der Waals surface area (Å²) in [5.41, 5.74) is 3.78. The molecule has 18 heavy (non-hydrogen) atoms. The third kappa shape index (κ3) is 2.79. The van der Waals surface area contributed by atoms with Crippen LogP contribution in [0.2, 0.25) is 5.15 Å². The van der Waals surface area contributed by atoms with Crippen molar-refractivity contribution in [1.82, 2.24) is 15.0 Å². The van der Waals surface area contributed by atoms with E-state index in [4.69, 9.17) is 11.6 Å². The number of thiazole rings is 1. The van der Waals surface area contributed by atoms with Crippen molar-refractivity contribution in [2.24, 2.45) is 0 Å². The minimum Gasteiger partial charge on any atom is -0.353 e. The molecule has 6 heteroatoms. The largest absolute Gasteiger partial charge is 0.353 e. The highest BCUT2D eigenvalue weighted by Crippen LogP contribution is 2.23. The Hall–Kier alpha value is -1.20. The summed E-state index contributed by atoms with van der Waals surface area (Å²) in [5.74, 6) is 1.64. The molecule has 0 bridgehead atoms. The Bertz CT molecular complexity index is 527. The van der Waals surface area contributed by atoms with Crippen LogP contribution in [0.25, 0.3) is 0 Å². The number of nitrogens with zero attached hydrogens (tertiary/aromatic N) is 4. The lowest BCUT2D eigenvalue weighted by Gasteiger charge is -2.20. The van der Waals surface area contributed by atoms with E-state index in [0.717, 1.165) is 35.9 Å². The van der Waals surface area contributed by atoms with Gasteiger partial charge in [-0.25, -0.2) is 15.0 Å². The molecule has 0 radical (unpaired) electrons. The molecular weight excluding hydrogens is 268 g/mol. The van der Waals surface area contributed by atoms with E-state index >= 15 is 0 Å². The van der Waals surface area contributed by atoms with E-state index in [9.17, 15) is 0 Å². The average molecular weight is 283 g/mol. The fourth-order valence-electron chi connectivity index (χ4n) is 1.68. The van der Waals surface area contributed by atoms with Crippen LogP contribution in [0.4, 0.5) is 5.82 Å². The van der Waals surface area contributed by atoms with Gasteiger partial charge in [-0.1, -0.05) is 18.5 Å². The van der Waals surface area contributed by atoms with E-state index in [1.807, 2.05) is 31.8 Å². The molecule has 0 unspecified atom stereocenters. The Morgan fingerprint density at radius 3 is 2.78 bits per heavy atom. The summed E-state index contributed by atoms with van der Waals surface area (Å²) in [6, 6.07) is 0. The van der Waals surface area contributed by atoms with Crippen LogP contribution >= 0.6 is 22.9 Å². The summed E-state index contributed by atoms with van der Waals surface area (Å²) in [5, 5.41) is 2.57. The number of anilines is 1. The molecule has 2 aromatic rings. The van der Waals surface area contributed by atoms with Crippen LogP contribution in [0.1, 0.15) is 24.0 Å². The number of aryl methyl sites for hydroxylation is 1. The Balaban J connectivity index is 2.29. The lowest BCUT2D eigenvalue weighted by Crippen LogP contribution is -2.20. The predicted octanol–water partition coefficient (Wildman–Crippen LogP) is 3.09. The maximum atomic E-state index is 6.13. The van der Waals surface area contributed by atoms with Crippen molar-refractivity contribution < 1.29 is 0 Å². The van der Waals surface area contributed by atoms with Gasteiger partial charge in [-0.3, -0.25) is 0 Å². The molecule has 4 nitrogen and oxygen atoms in total. The Labute approximate surface area is 116 Å². The smallest absolute Gasteiger partial charge is 0.137 e. The molecule has 0 amide bonds. The van der Waals surface area contributed by atoms with Gasteiger partial charge < -0.3 is 4.90 Å². The molecule has 0 atom stereocenters. The van der Waals surface area contributed by atoms with Gasteiger partial charge in [-0.15, -0.1) is 11.3 Å². The molecule has 0 fully saturated rings. The van der Waals surface area contributed by atoms with Gasteiger partial charge >= 0.3 is 0 Å². The number of halogens is 1. The normalized spacial score (nSPS) is 10.7. The van der Waals surface area contributed by atoms with Crippen molar-refractivity contribution >= 4 is 28.8 Å². The molecule has 0 saturated carbocycles. The van der Waals surface area contributed by atoms with Gasteiger partial charge in [-0.05, 0) is 6.92 Å². The molecule has 0 aliphatic carbocycles. The average Bonchev–Trinajstić information content (AvgIpc) is 2.85. The summed E-state index contributed by atoms with van der Waals surface area (Å²) in [6.07, 6.45) is 0.775. The summed E-state index contributed by atoms with van der Waals surface area (Å²) in [6.45, 7) is 4.68. The Morgan fingerprint density at radius 2 is 2.17 bits per heavy atom. The molecule has 0 aliphatic rings. The van der Waals surface area contributed by atoms with Crippen molar-refractivity contribution in [3.05, 3.63) is 33.1 Å². The first kappa shape index (κ1) is 13.2. The molecule has 0 aromatic carbocycles. The molecule has 2 aromatic heterocycles. The number of rotatable bonds is 4. The van der Waals surface area contributed by atoms with Crippen LogP contribution < -0.4 is 4.90 Å². The molecule has 2 rings (SSSR count). The molecule has 0 spiro atoms. The van der Waals surface area contributed by atoms with E-state index in [-0.39, 0.29) is 0 Å². The van der Waals surface area contributed by atoms with Crippen LogP contribution in [0.15, 0.2) is 10.9 Å². The van der Waals surface area contributed by atoms with Gasteiger partial charge in [0.05, 0.1) is 17.7 Å². The lowest BCUT2D eigenvalue weighted by molar-refractivity contribution is 0.836. The van der Waals surface area contributed by atoms with Crippen LogP contribution in [0, 0.1) is 6.92 Å². The molecule has 0 saturated heterocycles. The molecule has 96 valence electrons. The van der Waals surface area contributed by atoms with Gasteiger partial charge in [-0.2, -0.15) is 0 Å². The van der Waals surface area contributed by atoms with E-state index in [1.165, 1.54) is 0 Å². The quantitative estimate of drug-likeness (QED) is 0.808.